The summed E-state index contributed by atoms with van der Waals surface area (Å²) < 4.78 is 38.4. The van der Waals surface area contributed by atoms with E-state index in [1.807, 2.05) is 52.0 Å². The predicted molar refractivity (Wildman–Crippen MR) is 119 cm³/mol. The maximum atomic E-state index is 13.0. The van der Waals surface area contributed by atoms with Crippen molar-refractivity contribution in [2.75, 3.05) is 19.7 Å². The van der Waals surface area contributed by atoms with Crippen molar-refractivity contribution in [1.82, 2.24) is 9.62 Å². The Labute approximate surface area is 184 Å². The van der Waals surface area contributed by atoms with E-state index in [1.165, 1.54) is 16.4 Å². The summed E-state index contributed by atoms with van der Waals surface area (Å²) in [5.74, 6) is 0.518. The molecule has 1 fully saturated rings. The Morgan fingerprint density at radius 2 is 1.68 bits per heavy atom. The van der Waals surface area contributed by atoms with Crippen LogP contribution in [0.4, 0.5) is 0 Å². The maximum Gasteiger partial charge on any atom is 0.251 e. The first kappa shape index (κ1) is 23.2. The minimum atomic E-state index is -3.64. The second-order valence-electron chi connectivity index (χ2n) is 7.80. The van der Waals surface area contributed by atoms with E-state index in [4.69, 9.17) is 9.47 Å². The highest BCUT2D eigenvalue weighted by Crippen LogP contribution is 2.22. The van der Waals surface area contributed by atoms with Crippen LogP contribution in [0.2, 0.25) is 0 Å². The van der Waals surface area contributed by atoms with E-state index in [-0.39, 0.29) is 29.1 Å². The molecule has 1 heterocycles. The third kappa shape index (κ3) is 5.64. The van der Waals surface area contributed by atoms with Crippen LogP contribution in [-0.4, -0.2) is 50.5 Å². The van der Waals surface area contributed by atoms with Crippen LogP contribution in [0.25, 0.3) is 0 Å². The molecule has 0 bridgehead atoms. The normalized spacial score (nSPS) is 20.8. The number of ether oxygens (including phenoxy) is 2. The van der Waals surface area contributed by atoms with E-state index in [1.54, 1.807) is 12.1 Å². The van der Waals surface area contributed by atoms with Gasteiger partial charge in [0, 0.05) is 18.7 Å². The quantitative estimate of drug-likeness (QED) is 0.705. The van der Waals surface area contributed by atoms with Gasteiger partial charge in [-0.05, 0) is 69.7 Å². The summed E-state index contributed by atoms with van der Waals surface area (Å²) >= 11 is 0. The molecule has 168 valence electrons. The van der Waals surface area contributed by atoms with Crippen molar-refractivity contribution in [2.24, 2.45) is 0 Å². The highest BCUT2D eigenvalue weighted by atomic mass is 32.2. The predicted octanol–water partition coefficient (Wildman–Crippen LogP) is 3.37. The average molecular weight is 447 g/mol. The number of rotatable bonds is 7. The standard InChI is InChI=1S/C23H30N2O5S/c1-5-29-21-10-6-19(7-11-21)18(4)24-23(26)20-8-12-22(13-9-20)31(27,28)25-14-16(2)30-17(3)15-25/h6-13,16-18H,5,14-15H2,1-4H3,(H,24,26)/t16-,17-,18+/m1/s1. The van der Waals surface area contributed by atoms with Crippen molar-refractivity contribution in [3.63, 3.8) is 0 Å². The van der Waals surface area contributed by atoms with Gasteiger partial charge in [-0.3, -0.25) is 4.79 Å². The number of carbonyl (C=O) groups excluding carboxylic acids is 1. The number of nitrogens with zero attached hydrogens (tertiary/aromatic N) is 1. The molecule has 1 aliphatic rings. The highest BCUT2D eigenvalue weighted by Gasteiger charge is 2.32. The van der Waals surface area contributed by atoms with Gasteiger partial charge in [0.1, 0.15) is 5.75 Å². The summed E-state index contributed by atoms with van der Waals surface area (Å²) in [6.07, 6.45) is -0.319. The molecule has 1 N–H and O–H groups in total. The van der Waals surface area contributed by atoms with Gasteiger partial charge in [0.25, 0.3) is 5.91 Å². The monoisotopic (exact) mass is 446 g/mol. The van der Waals surface area contributed by atoms with Crippen molar-refractivity contribution in [1.29, 1.82) is 0 Å². The Balaban J connectivity index is 1.67. The van der Waals surface area contributed by atoms with Gasteiger partial charge in [0.05, 0.1) is 29.8 Å². The topological polar surface area (TPSA) is 84.9 Å². The van der Waals surface area contributed by atoms with E-state index in [9.17, 15) is 13.2 Å². The molecule has 0 aromatic heterocycles. The minimum absolute atomic E-state index is 0.160. The van der Waals surface area contributed by atoms with E-state index in [0.717, 1.165) is 11.3 Å². The van der Waals surface area contributed by atoms with Crippen LogP contribution in [0.5, 0.6) is 5.75 Å². The van der Waals surface area contributed by atoms with Gasteiger partial charge in [-0.25, -0.2) is 8.42 Å². The Morgan fingerprint density at radius 3 is 2.23 bits per heavy atom. The van der Waals surface area contributed by atoms with Gasteiger partial charge in [-0.15, -0.1) is 0 Å². The summed E-state index contributed by atoms with van der Waals surface area (Å²) in [5, 5.41) is 2.94. The molecule has 2 aromatic rings. The molecule has 2 aromatic carbocycles. The molecule has 31 heavy (non-hydrogen) atoms. The van der Waals surface area contributed by atoms with Crippen LogP contribution in [0.1, 0.15) is 49.7 Å². The molecule has 3 rings (SSSR count). The number of nitrogens with one attached hydrogen (secondary N) is 1. The van der Waals surface area contributed by atoms with Crippen molar-refractivity contribution in [3.8, 4) is 5.75 Å². The van der Waals surface area contributed by atoms with Crippen LogP contribution >= 0.6 is 0 Å². The van der Waals surface area contributed by atoms with E-state index in [2.05, 4.69) is 5.32 Å². The van der Waals surface area contributed by atoms with Crippen LogP contribution < -0.4 is 10.1 Å². The van der Waals surface area contributed by atoms with Crippen LogP contribution in [-0.2, 0) is 14.8 Å². The zero-order valence-electron chi connectivity index (χ0n) is 18.4. The first-order chi connectivity index (χ1) is 14.7. The van der Waals surface area contributed by atoms with Crippen LogP contribution in [0, 0.1) is 0 Å². The zero-order chi connectivity index (χ0) is 22.6. The molecule has 8 heteroatoms. The number of carbonyl (C=O) groups is 1. The van der Waals surface area contributed by atoms with Gasteiger partial charge >= 0.3 is 0 Å². The van der Waals surface area contributed by atoms with Gasteiger partial charge in [-0.1, -0.05) is 12.1 Å². The SMILES string of the molecule is CCOc1ccc([C@H](C)NC(=O)c2ccc(S(=O)(=O)N3C[C@@H](C)O[C@H](C)C3)cc2)cc1. The fraction of sp³-hybridized carbons (Fsp3) is 0.435. The molecular formula is C23H30N2O5S. The molecule has 0 aliphatic carbocycles. The fourth-order valence-electron chi connectivity index (χ4n) is 3.64. The molecule has 0 unspecified atom stereocenters. The molecule has 0 spiro atoms. The Hall–Kier alpha value is -2.42. The lowest BCUT2D eigenvalue weighted by Crippen LogP contribution is -2.48. The number of amides is 1. The molecule has 3 atom stereocenters. The lowest BCUT2D eigenvalue weighted by atomic mass is 10.1. The Kier molecular flexibility index (Phi) is 7.35. The van der Waals surface area contributed by atoms with Gasteiger partial charge < -0.3 is 14.8 Å². The molecule has 0 radical (unpaired) electrons. The van der Waals surface area contributed by atoms with Gasteiger partial charge in [0.2, 0.25) is 10.0 Å². The summed E-state index contributed by atoms with van der Waals surface area (Å²) in [6, 6.07) is 13.4. The average Bonchev–Trinajstić information content (AvgIpc) is 2.74. The number of benzene rings is 2. The van der Waals surface area contributed by atoms with Gasteiger partial charge in [0.15, 0.2) is 0 Å². The zero-order valence-corrected chi connectivity index (χ0v) is 19.2. The molecule has 7 nitrogen and oxygen atoms in total. The summed E-state index contributed by atoms with van der Waals surface area (Å²) in [7, 11) is -3.64. The van der Waals surface area contributed by atoms with Crippen molar-refractivity contribution in [3.05, 3.63) is 59.7 Å². The Bertz CT molecular complexity index is 980. The van der Waals surface area contributed by atoms with E-state index < -0.39 is 10.0 Å². The van der Waals surface area contributed by atoms with Gasteiger partial charge in [-0.2, -0.15) is 4.31 Å². The largest absolute Gasteiger partial charge is 0.494 e. The first-order valence-electron chi connectivity index (χ1n) is 10.5. The number of hydrogen-bond donors (Lipinski definition) is 1. The molecule has 0 saturated carbocycles. The van der Waals surface area contributed by atoms with Crippen molar-refractivity contribution >= 4 is 15.9 Å². The molecule has 1 aliphatic heterocycles. The smallest absolute Gasteiger partial charge is 0.251 e. The molecule has 1 amide bonds. The minimum Gasteiger partial charge on any atom is -0.494 e. The molecule has 1 saturated heterocycles. The van der Waals surface area contributed by atoms with Crippen molar-refractivity contribution in [2.45, 2.75) is 50.8 Å². The number of morpholine rings is 1. The summed E-state index contributed by atoms with van der Waals surface area (Å²) in [4.78, 5) is 12.8. The first-order valence-corrected chi connectivity index (χ1v) is 11.9. The lowest BCUT2D eigenvalue weighted by Gasteiger charge is -2.34. The van der Waals surface area contributed by atoms with Crippen LogP contribution in [0.15, 0.2) is 53.4 Å². The summed E-state index contributed by atoms with van der Waals surface area (Å²) in [5.41, 5.74) is 1.35. The second kappa shape index (κ2) is 9.80. The fourth-order valence-corrected chi connectivity index (χ4v) is 5.23. The van der Waals surface area contributed by atoms with Crippen molar-refractivity contribution < 1.29 is 22.7 Å². The highest BCUT2D eigenvalue weighted by molar-refractivity contribution is 7.89. The third-order valence-electron chi connectivity index (χ3n) is 5.18. The maximum absolute atomic E-state index is 13.0. The number of sulfonamides is 1. The number of hydrogen-bond acceptors (Lipinski definition) is 5. The summed E-state index contributed by atoms with van der Waals surface area (Å²) in [6.45, 7) is 8.76. The van der Waals surface area contributed by atoms with Crippen LogP contribution in [0.3, 0.4) is 0 Å². The van der Waals surface area contributed by atoms with E-state index >= 15 is 0 Å². The lowest BCUT2D eigenvalue weighted by molar-refractivity contribution is -0.0440. The Morgan fingerprint density at radius 1 is 1.10 bits per heavy atom. The second-order valence-corrected chi connectivity index (χ2v) is 9.74. The molecular weight excluding hydrogens is 416 g/mol. The third-order valence-corrected chi connectivity index (χ3v) is 7.02. The van der Waals surface area contributed by atoms with E-state index in [0.29, 0.717) is 25.3 Å².